The molecule has 15 heavy (non-hydrogen) atoms. The zero-order chi connectivity index (χ0) is 11.3. The Kier molecular flexibility index (Phi) is 3.49. The SMILES string of the molecule is COc1cccc(C(C)=C(C#N)C#N)c1. The second-order valence-electron chi connectivity index (χ2n) is 2.96. The van der Waals surface area contributed by atoms with Crippen LogP contribution in [0.1, 0.15) is 12.5 Å². The first-order valence-electron chi connectivity index (χ1n) is 4.38. The molecule has 3 heteroatoms. The molecular formula is C12H10N2O. The van der Waals surface area contributed by atoms with Gasteiger partial charge in [0, 0.05) is 0 Å². The first-order chi connectivity index (χ1) is 7.22. The van der Waals surface area contributed by atoms with E-state index in [-0.39, 0.29) is 5.57 Å². The summed E-state index contributed by atoms with van der Waals surface area (Å²) in [5.41, 5.74) is 1.62. The maximum Gasteiger partial charge on any atom is 0.133 e. The average molecular weight is 198 g/mol. The van der Waals surface area contributed by atoms with Crippen LogP contribution in [0.15, 0.2) is 29.8 Å². The molecule has 74 valence electrons. The van der Waals surface area contributed by atoms with Crippen LogP contribution < -0.4 is 4.74 Å². The van der Waals surface area contributed by atoms with Crippen LogP contribution in [0.25, 0.3) is 5.57 Å². The van der Waals surface area contributed by atoms with Crippen LogP contribution in [0.5, 0.6) is 5.75 Å². The molecule has 0 amide bonds. The molecule has 1 aromatic carbocycles. The maximum absolute atomic E-state index is 8.72. The predicted octanol–water partition coefficient (Wildman–Crippen LogP) is 2.52. The summed E-state index contributed by atoms with van der Waals surface area (Å²) in [6.07, 6.45) is 0. The smallest absolute Gasteiger partial charge is 0.133 e. The molecule has 0 aliphatic rings. The largest absolute Gasteiger partial charge is 0.497 e. The van der Waals surface area contributed by atoms with E-state index in [0.29, 0.717) is 11.3 Å². The van der Waals surface area contributed by atoms with Crippen molar-refractivity contribution in [1.29, 1.82) is 10.5 Å². The molecule has 0 heterocycles. The van der Waals surface area contributed by atoms with Crippen molar-refractivity contribution in [3.05, 3.63) is 35.4 Å². The number of nitrogens with zero attached hydrogens (tertiary/aromatic N) is 2. The summed E-state index contributed by atoms with van der Waals surface area (Å²) in [6.45, 7) is 1.75. The molecule has 1 aromatic rings. The molecule has 0 radical (unpaired) electrons. The van der Waals surface area contributed by atoms with Crippen LogP contribution in [0.4, 0.5) is 0 Å². The first kappa shape index (κ1) is 10.8. The number of hydrogen-bond acceptors (Lipinski definition) is 3. The van der Waals surface area contributed by atoms with Gasteiger partial charge in [-0.25, -0.2) is 0 Å². The third-order valence-electron chi connectivity index (χ3n) is 2.10. The van der Waals surface area contributed by atoms with E-state index in [0.717, 1.165) is 5.56 Å². The molecule has 3 nitrogen and oxygen atoms in total. The van der Waals surface area contributed by atoms with E-state index >= 15 is 0 Å². The Morgan fingerprint density at radius 2 is 1.93 bits per heavy atom. The van der Waals surface area contributed by atoms with Crippen molar-refractivity contribution < 1.29 is 4.74 Å². The Morgan fingerprint density at radius 1 is 1.27 bits per heavy atom. The van der Waals surface area contributed by atoms with Crippen LogP contribution in [-0.4, -0.2) is 7.11 Å². The second-order valence-corrected chi connectivity index (χ2v) is 2.96. The van der Waals surface area contributed by atoms with E-state index in [1.807, 2.05) is 30.3 Å². The summed E-state index contributed by atoms with van der Waals surface area (Å²) in [5.74, 6) is 0.710. The molecular weight excluding hydrogens is 188 g/mol. The van der Waals surface area contributed by atoms with E-state index in [9.17, 15) is 0 Å². The summed E-state index contributed by atoms with van der Waals surface area (Å²) in [5, 5.41) is 17.4. The molecule has 0 saturated heterocycles. The zero-order valence-corrected chi connectivity index (χ0v) is 8.61. The van der Waals surface area contributed by atoms with Crippen LogP contribution in [0, 0.1) is 22.7 Å². The molecule has 0 unspecified atom stereocenters. The van der Waals surface area contributed by atoms with E-state index in [4.69, 9.17) is 15.3 Å². The summed E-state index contributed by atoms with van der Waals surface area (Å²) < 4.78 is 5.06. The normalized spacial score (nSPS) is 8.53. The number of hydrogen-bond donors (Lipinski definition) is 0. The number of methoxy groups -OCH3 is 1. The van der Waals surface area contributed by atoms with Gasteiger partial charge >= 0.3 is 0 Å². The highest BCUT2D eigenvalue weighted by Crippen LogP contribution is 2.21. The average Bonchev–Trinajstić information content (AvgIpc) is 2.30. The van der Waals surface area contributed by atoms with Gasteiger partial charge in [-0.3, -0.25) is 0 Å². The highest BCUT2D eigenvalue weighted by molar-refractivity contribution is 5.74. The fourth-order valence-electron chi connectivity index (χ4n) is 1.19. The topological polar surface area (TPSA) is 56.8 Å². The molecule has 0 aliphatic carbocycles. The first-order valence-corrected chi connectivity index (χ1v) is 4.38. The fourth-order valence-corrected chi connectivity index (χ4v) is 1.19. The van der Waals surface area contributed by atoms with Crippen molar-refractivity contribution in [1.82, 2.24) is 0 Å². The summed E-state index contributed by atoms with van der Waals surface area (Å²) >= 11 is 0. The lowest BCUT2D eigenvalue weighted by molar-refractivity contribution is 0.414. The summed E-state index contributed by atoms with van der Waals surface area (Å²) in [4.78, 5) is 0. The Hall–Kier alpha value is -2.26. The minimum absolute atomic E-state index is 0.128. The van der Waals surface area contributed by atoms with E-state index in [1.165, 1.54) is 0 Å². The van der Waals surface area contributed by atoms with Crippen molar-refractivity contribution in [2.45, 2.75) is 6.92 Å². The van der Waals surface area contributed by atoms with Crippen molar-refractivity contribution in [2.24, 2.45) is 0 Å². The minimum Gasteiger partial charge on any atom is -0.497 e. The third-order valence-corrected chi connectivity index (χ3v) is 2.10. The molecule has 0 atom stereocenters. The molecule has 0 aromatic heterocycles. The number of ether oxygens (including phenoxy) is 1. The molecule has 0 bridgehead atoms. The van der Waals surface area contributed by atoms with Crippen LogP contribution in [0.3, 0.4) is 0 Å². The monoisotopic (exact) mass is 198 g/mol. The molecule has 0 saturated carbocycles. The lowest BCUT2D eigenvalue weighted by atomic mass is 10.0. The van der Waals surface area contributed by atoms with Gasteiger partial charge in [0.1, 0.15) is 23.5 Å². The van der Waals surface area contributed by atoms with Gasteiger partial charge in [-0.15, -0.1) is 0 Å². The number of nitriles is 2. The fraction of sp³-hybridized carbons (Fsp3) is 0.167. The Balaban J connectivity index is 3.24. The van der Waals surface area contributed by atoms with Crippen LogP contribution in [0.2, 0.25) is 0 Å². The van der Waals surface area contributed by atoms with Gasteiger partial charge in [-0.05, 0) is 30.2 Å². The standard InChI is InChI=1S/C12H10N2O/c1-9(11(7-13)8-14)10-4-3-5-12(6-10)15-2/h3-6H,1-2H3. The minimum atomic E-state index is 0.128. The summed E-state index contributed by atoms with van der Waals surface area (Å²) in [7, 11) is 1.58. The summed E-state index contributed by atoms with van der Waals surface area (Å²) in [6, 6.07) is 11.0. The van der Waals surface area contributed by atoms with Crippen molar-refractivity contribution >= 4 is 5.57 Å². The van der Waals surface area contributed by atoms with Gasteiger partial charge in [-0.1, -0.05) is 12.1 Å². The van der Waals surface area contributed by atoms with Gasteiger partial charge in [0.25, 0.3) is 0 Å². The lowest BCUT2D eigenvalue weighted by Crippen LogP contribution is -1.87. The molecule has 0 fully saturated rings. The molecule has 1 rings (SSSR count). The Labute approximate surface area is 88.8 Å². The van der Waals surface area contributed by atoms with Crippen LogP contribution in [-0.2, 0) is 0 Å². The number of benzene rings is 1. The quantitative estimate of drug-likeness (QED) is 0.686. The molecule has 0 N–H and O–H groups in total. The van der Waals surface area contributed by atoms with Crippen molar-refractivity contribution in [2.75, 3.05) is 7.11 Å². The highest BCUT2D eigenvalue weighted by atomic mass is 16.5. The van der Waals surface area contributed by atoms with E-state index in [1.54, 1.807) is 20.1 Å². The highest BCUT2D eigenvalue weighted by Gasteiger charge is 2.04. The van der Waals surface area contributed by atoms with E-state index < -0.39 is 0 Å². The Bertz CT molecular complexity index is 459. The van der Waals surface area contributed by atoms with Crippen LogP contribution >= 0.6 is 0 Å². The molecule has 0 aliphatic heterocycles. The van der Waals surface area contributed by atoms with Crippen molar-refractivity contribution in [3.8, 4) is 17.9 Å². The lowest BCUT2D eigenvalue weighted by Gasteiger charge is -2.04. The van der Waals surface area contributed by atoms with Crippen molar-refractivity contribution in [3.63, 3.8) is 0 Å². The van der Waals surface area contributed by atoms with Gasteiger partial charge in [0.15, 0.2) is 0 Å². The second kappa shape index (κ2) is 4.83. The van der Waals surface area contributed by atoms with Gasteiger partial charge in [-0.2, -0.15) is 10.5 Å². The number of rotatable bonds is 2. The Morgan fingerprint density at radius 3 is 2.47 bits per heavy atom. The predicted molar refractivity (Wildman–Crippen MR) is 56.8 cm³/mol. The maximum atomic E-state index is 8.72. The van der Waals surface area contributed by atoms with E-state index in [2.05, 4.69) is 0 Å². The zero-order valence-electron chi connectivity index (χ0n) is 8.61. The van der Waals surface area contributed by atoms with Gasteiger partial charge < -0.3 is 4.74 Å². The third kappa shape index (κ3) is 2.36. The van der Waals surface area contributed by atoms with Gasteiger partial charge in [0.2, 0.25) is 0 Å². The molecule has 0 spiro atoms. The number of allylic oxidation sites excluding steroid dienone is 2. The van der Waals surface area contributed by atoms with Gasteiger partial charge in [0.05, 0.1) is 7.11 Å².